The first-order valence-electron chi connectivity index (χ1n) is 5.64. The van der Waals surface area contributed by atoms with Gasteiger partial charge in [-0.2, -0.15) is 0 Å². The normalized spacial score (nSPS) is 17.8. The molecule has 1 saturated carbocycles. The van der Waals surface area contributed by atoms with Gasteiger partial charge in [0.2, 0.25) is 0 Å². The molecule has 2 heteroatoms. The lowest BCUT2D eigenvalue weighted by atomic mass is 9.99. The van der Waals surface area contributed by atoms with Crippen molar-refractivity contribution >= 4 is 11.6 Å². The number of hydrogen-bond donors (Lipinski definition) is 1. The highest BCUT2D eigenvalue weighted by atomic mass is 35.5. The summed E-state index contributed by atoms with van der Waals surface area (Å²) in [6.45, 7) is 2.07. The van der Waals surface area contributed by atoms with E-state index < -0.39 is 0 Å². The Hall–Kier alpha value is -0.530. The summed E-state index contributed by atoms with van der Waals surface area (Å²) in [5.41, 5.74) is 2.43. The van der Waals surface area contributed by atoms with Crippen LogP contribution in [0.4, 0.5) is 0 Å². The van der Waals surface area contributed by atoms with Crippen molar-refractivity contribution in [3.63, 3.8) is 0 Å². The fourth-order valence-corrected chi connectivity index (χ4v) is 2.28. The van der Waals surface area contributed by atoms with Crippen LogP contribution in [0.15, 0.2) is 18.2 Å². The summed E-state index contributed by atoms with van der Waals surface area (Å²) in [6.07, 6.45) is 4.00. The maximum absolute atomic E-state index is 6.33. The highest BCUT2D eigenvalue weighted by Gasteiger charge is 2.26. The van der Waals surface area contributed by atoms with Crippen LogP contribution >= 0.6 is 11.6 Å². The monoisotopic (exact) mass is 223 g/mol. The van der Waals surface area contributed by atoms with Gasteiger partial charge in [0.1, 0.15) is 0 Å². The predicted octanol–water partition coefficient (Wildman–Crippen LogP) is 3.71. The quantitative estimate of drug-likeness (QED) is 0.821. The van der Waals surface area contributed by atoms with Crippen molar-refractivity contribution in [2.24, 2.45) is 5.92 Å². The maximum Gasteiger partial charge on any atom is 0.0482 e. The molecule has 1 nitrogen and oxygen atoms in total. The summed E-state index contributed by atoms with van der Waals surface area (Å²) in [5.74, 6) is 0.916. The zero-order chi connectivity index (χ0) is 10.8. The van der Waals surface area contributed by atoms with Crippen LogP contribution in [0.1, 0.15) is 36.4 Å². The second-order valence-corrected chi connectivity index (χ2v) is 4.88. The second-order valence-electron chi connectivity index (χ2n) is 4.50. The Morgan fingerprint density at radius 2 is 2.20 bits per heavy atom. The molecule has 0 bridgehead atoms. The van der Waals surface area contributed by atoms with Crippen molar-refractivity contribution < 1.29 is 0 Å². The van der Waals surface area contributed by atoms with E-state index >= 15 is 0 Å². The van der Waals surface area contributed by atoms with E-state index in [-0.39, 0.29) is 0 Å². The summed E-state index contributed by atoms with van der Waals surface area (Å²) in [4.78, 5) is 0. The van der Waals surface area contributed by atoms with Gasteiger partial charge in [-0.15, -0.1) is 0 Å². The molecule has 1 fully saturated rings. The molecule has 1 aliphatic carbocycles. The van der Waals surface area contributed by atoms with Crippen LogP contribution in [0.2, 0.25) is 5.02 Å². The Morgan fingerprint density at radius 3 is 2.80 bits per heavy atom. The number of rotatable bonds is 4. The summed E-state index contributed by atoms with van der Waals surface area (Å²) in [7, 11) is 2.02. The Balaban J connectivity index is 2.20. The van der Waals surface area contributed by atoms with Gasteiger partial charge in [0.15, 0.2) is 0 Å². The zero-order valence-corrected chi connectivity index (χ0v) is 10.1. The van der Waals surface area contributed by atoms with E-state index in [2.05, 4.69) is 30.4 Å². The number of nitrogens with one attached hydrogen (secondary N) is 1. The Kier molecular flexibility index (Phi) is 3.32. The molecular weight excluding hydrogens is 206 g/mol. The van der Waals surface area contributed by atoms with Crippen molar-refractivity contribution in [1.82, 2.24) is 5.32 Å². The van der Waals surface area contributed by atoms with Crippen LogP contribution in [0.25, 0.3) is 0 Å². The van der Waals surface area contributed by atoms with Gasteiger partial charge < -0.3 is 5.32 Å². The molecule has 2 rings (SSSR count). The molecule has 0 aliphatic heterocycles. The van der Waals surface area contributed by atoms with E-state index in [9.17, 15) is 0 Å². The Labute approximate surface area is 96.8 Å². The first-order valence-corrected chi connectivity index (χ1v) is 6.02. The van der Waals surface area contributed by atoms with Crippen LogP contribution in [0.3, 0.4) is 0 Å². The van der Waals surface area contributed by atoms with Crippen LogP contribution in [-0.4, -0.2) is 7.05 Å². The van der Waals surface area contributed by atoms with Crippen LogP contribution in [-0.2, 0) is 0 Å². The minimum Gasteiger partial charge on any atom is -0.313 e. The average Bonchev–Trinajstić information content (AvgIpc) is 3.03. The van der Waals surface area contributed by atoms with Crippen LogP contribution in [0.5, 0.6) is 0 Å². The summed E-state index contributed by atoms with van der Waals surface area (Å²) < 4.78 is 0. The molecule has 1 N–H and O–H groups in total. The molecule has 0 aromatic heterocycles. The van der Waals surface area contributed by atoms with Gasteiger partial charge in [0, 0.05) is 11.1 Å². The Morgan fingerprint density at radius 1 is 1.47 bits per heavy atom. The molecule has 1 atom stereocenters. The first-order chi connectivity index (χ1) is 7.22. The average molecular weight is 224 g/mol. The second kappa shape index (κ2) is 4.54. The third kappa shape index (κ3) is 2.53. The van der Waals surface area contributed by atoms with Gasteiger partial charge in [-0.1, -0.05) is 42.6 Å². The van der Waals surface area contributed by atoms with Crippen molar-refractivity contribution in [3.8, 4) is 0 Å². The van der Waals surface area contributed by atoms with Crippen molar-refractivity contribution in [2.45, 2.75) is 32.2 Å². The molecule has 1 aromatic rings. The van der Waals surface area contributed by atoms with Gasteiger partial charge in [-0.05, 0) is 37.4 Å². The molecule has 0 heterocycles. The Bertz CT molecular complexity index is 344. The minimum absolute atomic E-state index is 0.421. The van der Waals surface area contributed by atoms with Gasteiger partial charge in [-0.25, -0.2) is 0 Å². The molecule has 1 unspecified atom stereocenters. The maximum atomic E-state index is 6.33. The van der Waals surface area contributed by atoms with Gasteiger partial charge in [0.05, 0.1) is 0 Å². The molecule has 1 aromatic carbocycles. The lowest BCUT2D eigenvalue weighted by Crippen LogP contribution is -2.17. The lowest BCUT2D eigenvalue weighted by Gasteiger charge is -2.18. The molecule has 0 saturated heterocycles. The third-order valence-corrected chi connectivity index (χ3v) is 3.73. The van der Waals surface area contributed by atoms with E-state index in [1.54, 1.807) is 0 Å². The smallest absolute Gasteiger partial charge is 0.0482 e. The molecule has 1 aliphatic rings. The summed E-state index contributed by atoms with van der Waals surface area (Å²) in [6, 6.07) is 6.72. The number of benzene rings is 1. The molecule has 15 heavy (non-hydrogen) atoms. The third-order valence-electron chi connectivity index (χ3n) is 3.21. The standard InChI is InChI=1S/C13H18ClN/c1-9-4-3-5-11(13(9)14)12(15-2)8-10-6-7-10/h3-5,10,12,15H,6-8H2,1-2H3. The molecular formula is C13H18ClN. The van der Waals surface area contributed by atoms with Gasteiger partial charge in [-0.3, -0.25) is 0 Å². The van der Waals surface area contributed by atoms with Crippen LogP contribution in [0, 0.1) is 12.8 Å². The van der Waals surface area contributed by atoms with Gasteiger partial charge >= 0.3 is 0 Å². The van der Waals surface area contributed by atoms with Crippen LogP contribution < -0.4 is 5.32 Å². The summed E-state index contributed by atoms with van der Waals surface area (Å²) in [5, 5.41) is 4.30. The van der Waals surface area contributed by atoms with Crippen molar-refractivity contribution in [3.05, 3.63) is 34.3 Å². The largest absolute Gasteiger partial charge is 0.313 e. The minimum atomic E-state index is 0.421. The van der Waals surface area contributed by atoms with E-state index in [4.69, 9.17) is 11.6 Å². The summed E-state index contributed by atoms with van der Waals surface area (Å²) >= 11 is 6.33. The number of hydrogen-bond acceptors (Lipinski definition) is 1. The fourth-order valence-electron chi connectivity index (χ4n) is 2.03. The SMILES string of the molecule is CNC(CC1CC1)c1cccc(C)c1Cl. The van der Waals surface area contributed by atoms with E-state index in [0.717, 1.165) is 10.9 Å². The van der Waals surface area contributed by atoms with Crippen molar-refractivity contribution in [2.75, 3.05) is 7.05 Å². The van der Waals surface area contributed by atoms with E-state index in [1.807, 2.05) is 7.05 Å². The van der Waals surface area contributed by atoms with Crippen molar-refractivity contribution in [1.29, 1.82) is 0 Å². The molecule has 82 valence electrons. The fraction of sp³-hybridized carbons (Fsp3) is 0.538. The highest BCUT2D eigenvalue weighted by molar-refractivity contribution is 6.32. The first kappa shape index (κ1) is 11.0. The molecule has 0 amide bonds. The number of aryl methyl sites for hydroxylation is 1. The zero-order valence-electron chi connectivity index (χ0n) is 9.39. The molecule has 0 spiro atoms. The lowest BCUT2D eigenvalue weighted by molar-refractivity contribution is 0.514. The predicted molar refractivity (Wildman–Crippen MR) is 65.3 cm³/mol. The highest BCUT2D eigenvalue weighted by Crippen LogP contribution is 2.39. The van der Waals surface area contributed by atoms with E-state index in [0.29, 0.717) is 6.04 Å². The van der Waals surface area contributed by atoms with E-state index in [1.165, 1.54) is 30.4 Å². The topological polar surface area (TPSA) is 12.0 Å². The van der Waals surface area contributed by atoms with Gasteiger partial charge in [0.25, 0.3) is 0 Å². The number of halogens is 1. The molecule has 0 radical (unpaired) electrons.